The summed E-state index contributed by atoms with van der Waals surface area (Å²) in [4.78, 5) is 4.17. The second kappa shape index (κ2) is 5.12. The van der Waals surface area contributed by atoms with Gasteiger partial charge in [0, 0.05) is 12.3 Å². The van der Waals surface area contributed by atoms with Gasteiger partial charge in [0.1, 0.15) is 5.75 Å². The summed E-state index contributed by atoms with van der Waals surface area (Å²) in [5, 5.41) is 1.00. The zero-order chi connectivity index (χ0) is 9.68. The summed E-state index contributed by atoms with van der Waals surface area (Å²) < 4.78 is 5.56. The highest BCUT2D eigenvalue weighted by Crippen LogP contribution is 2.18. The molecular weight excluding hydrogens is 182 g/mol. The van der Waals surface area contributed by atoms with E-state index in [0.717, 1.165) is 17.4 Å². The molecular formula is C10H15NOS. The number of hydrogen-bond acceptors (Lipinski definition) is 3. The van der Waals surface area contributed by atoms with Crippen LogP contribution in [0.4, 0.5) is 0 Å². The normalized spacial score (nSPS) is 10.5. The van der Waals surface area contributed by atoms with Gasteiger partial charge in [0.05, 0.1) is 11.6 Å². The summed E-state index contributed by atoms with van der Waals surface area (Å²) in [6, 6.07) is 3.86. The third kappa shape index (κ3) is 3.68. The molecule has 0 aliphatic heterocycles. The maximum atomic E-state index is 5.56. The van der Waals surface area contributed by atoms with Gasteiger partial charge in [-0.1, -0.05) is 13.8 Å². The minimum Gasteiger partial charge on any atom is -0.493 e. The monoisotopic (exact) mass is 197 g/mol. The van der Waals surface area contributed by atoms with Gasteiger partial charge in [0.25, 0.3) is 0 Å². The van der Waals surface area contributed by atoms with Crippen molar-refractivity contribution in [2.45, 2.75) is 18.9 Å². The Morgan fingerprint density at radius 3 is 2.92 bits per heavy atom. The largest absolute Gasteiger partial charge is 0.493 e. The molecule has 1 aromatic heterocycles. The van der Waals surface area contributed by atoms with Crippen LogP contribution in [0.3, 0.4) is 0 Å². The Bertz CT molecular complexity index is 263. The van der Waals surface area contributed by atoms with Crippen LogP contribution in [0, 0.1) is 5.92 Å². The fourth-order valence-electron chi connectivity index (χ4n) is 0.856. The summed E-state index contributed by atoms with van der Waals surface area (Å²) in [7, 11) is 0. The summed E-state index contributed by atoms with van der Waals surface area (Å²) in [6.45, 7) is 5.03. The molecule has 0 unspecified atom stereocenters. The van der Waals surface area contributed by atoms with Gasteiger partial charge in [-0.25, -0.2) is 4.98 Å². The average molecular weight is 197 g/mol. The van der Waals surface area contributed by atoms with Crippen molar-refractivity contribution in [2.24, 2.45) is 5.92 Å². The fourth-order valence-corrected chi connectivity index (χ4v) is 1.26. The molecule has 1 aromatic rings. The second-order valence-electron chi connectivity index (χ2n) is 3.24. The number of rotatable bonds is 4. The minimum atomic E-state index is 0.561. The van der Waals surface area contributed by atoms with Gasteiger partial charge in [-0.05, 0) is 18.2 Å². The Kier molecular flexibility index (Phi) is 4.09. The molecule has 0 spiro atoms. The summed E-state index contributed by atoms with van der Waals surface area (Å²) in [5.74, 6) is 1.47. The molecule has 72 valence electrons. The van der Waals surface area contributed by atoms with Crippen LogP contribution in [0.25, 0.3) is 0 Å². The smallest absolute Gasteiger partial charge is 0.123 e. The van der Waals surface area contributed by atoms with Crippen molar-refractivity contribution in [3.8, 4) is 5.75 Å². The van der Waals surface area contributed by atoms with E-state index in [1.54, 1.807) is 18.0 Å². The molecule has 0 aliphatic rings. The minimum absolute atomic E-state index is 0.561. The van der Waals surface area contributed by atoms with E-state index in [2.05, 4.69) is 18.8 Å². The number of ether oxygens (including phenoxy) is 1. The first kappa shape index (κ1) is 10.4. The number of hydrogen-bond donors (Lipinski definition) is 0. The van der Waals surface area contributed by atoms with Gasteiger partial charge in [-0.15, -0.1) is 11.8 Å². The quantitative estimate of drug-likeness (QED) is 0.693. The Hall–Kier alpha value is -0.700. The van der Waals surface area contributed by atoms with Crippen LogP contribution in [-0.2, 0) is 0 Å². The molecule has 0 saturated heterocycles. The first-order valence-corrected chi connectivity index (χ1v) is 5.57. The van der Waals surface area contributed by atoms with Crippen molar-refractivity contribution in [3.63, 3.8) is 0 Å². The number of aromatic nitrogens is 1. The van der Waals surface area contributed by atoms with Crippen LogP contribution in [0.5, 0.6) is 5.75 Å². The second-order valence-corrected chi connectivity index (χ2v) is 4.07. The first-order valence-electron chi connectivity index (χ1n) is 4.35. The molecule has 13 heavy (non-hydrogen) atoms. The van der Waals surface area contributed by atoms with Crippen LogP contribution in [0.1, 0.15) is 13.8 Å². The third-order valence-electron chi connectivity index (χ3n) is 1.50. The number of thioether (sulfide) groups is 1. The zero-order valence-corrected chi connectivity index (χ0v) is 9.10. The number of nitrogens with zero attached hydrogens (tertiary/aromatic N) is 1. The van der Waals surface area contributed by atoms with E-state index in [0.29, 0.717) is 5.92 Å². The van der Waals surface area contributed by atoms with E-state index >= 15 is 0 Å². The van der Waals surface area contributed by atoms with E-state index in [9.17, 15) is 0 Å². The molecule has 0 bridgehead atoms. The summed E-state index contributed by atoms with van der Waals surface area (Å²) in [5.41, 5.74) is 0. The van der Waals surface area contributed by atoms with E-state index in [4.69, 9.17) is 4.74 Å². The molecule has 0 atom stereocenters. The highest BCUT2D eigenvalue weighted by molar-refractivity contribution is 7.98. The maximum absolute atomic E-state index is 5.56. The zero-order valence-electron chi connectivity index (χ0n) is 8.28. The van der Waals surface area contributed by atoms with Gasteiger partial charge in [-0.3, -0.25) is 0 Å². The summed E-state index contributed by atoms with van der Waals surface area (Å²) in [6.07, 6.45) is 3.79. The molecule has 1 rings (SSSR count). The Morgan fingerprint density at radius 2 is 2.31 bits per heavy atom. The van der Waals surface area contributed by atoms with Crippen molar-refractivity contribution in [1.82, 2.24) is 4.98 Å². The Labute approximate surface area is 83.7 Å². The first-order chi connectivity index (χ1) is 6.22. The molecule has 0 fully saturated rings. The van der Waals surface area contributed by atoms with Gasteiger partial charge in [0.2, 0.25) is 0 Å². The lowest BCUT2D eigenvalue weighted by atomic mass is 10.2. The van der Waals surface area contributed by atoms with Gasteiger partial charge >= 0.3 is 0 Å². The maximum Gasteiger partial charge on any atom is 0.123 e. The third-order valence-corrected chi connectivity index (χ3v) is 2.14. The molecule has 0 saturated carbocycles. The SMILES string of the molecule is CSc1cc(OCC(C)C)ccn1. The molecule has 0 radical (unpaired) electrons. The average Bonchev–Trinajstić information content (AvgIpc) is 2.15. The predicted octanol–water partition coefficient (Wildman–Crippen LogP) is 2.84. The molecule has 0 N–H and O–H groups in total. The van der Waals surface area contributed by atoms with Crippen LogP contribution in [0.2, 0.25) is 0 Å². The molecule has 0 aromatic carbocycles. The number of pyridine rings is 1. The molecule has 0 aliphatic carbocycles. The van der Waals surface area contributed by atoms with Crippen LogP contribution in [0.15, 0.2) is 23.4 Å². The van der Waals surface area contributed by atoms with E-state index in [1.807, 2.05) is 18.4 Å². The topological polar surface area (TPSA) is 22.1 Å². The predicted molar refractivity (Wildman–Crippen MR) is 56.4 cm³/mol. The fraction of sp³-hybridized carbons (Fsp3) is 0.500. The lowest BCUT2D eigenvalue weighted by molar-refractivity contribution is 0.270. The molecule has 1 heterocycles. The van der Waals surface area contributed by atoms with Crippen molar-refractivity contribution in [3.05, 3.63) is 18.3 Å². The van der Waals surface area contributed by atoms with Crippen LogP contribution < -0.4 is 4.74 Å². The van der Waals surface area contributed by atoms with Crippen molar-refractivity contribution in [2.75, 3.05) is 12.9 Å². The highest BCUT2D eigenvalue weighted by atomic mass is 32.2. The van der Waals surface area contributed by atoms with Gasteiger partial charge in [-0.2, -0.15) is 0 Å². The van der Waals surface area contributed by atoms with Crippen molar-refractivity contribution >= 4 is 11.8 Å². The standard InChI is InChI=1S/C10H15NOS/c1-8(2)7-12-9-4-5-11-10(6-9)13-3/h4-6,8H,7H2,1-3H3. The van der Waals surface area contributed by atoms with E-state index in [-0.39, 0.29) is 0 Å². The lowest BCUT2D eigenvalue weighted by Crippen LogP contribution is -2.04. The van der Waals surface area contributed by atoms with Crippen LogP contribution >= 0.6 is 11.8 Å². The van der Waals surface area contributed by atoms with Crippen molar-refractivity contribution < 1.29 is 4.74 Å². The molecule has 2 nitrogen and oxygen atoms in total. The molecule has 0 amide bonds. The highest BCUT2D eigenvalue weighted by Gasteiger charge is 1.98. The lowest BCUT2D eigenvalue weighted by Gasteiger charge is -2.08. The van der Waals surface area contributed by atoms with Crippen molar-refractivity contribution in [1.29, 1.82) is 0 Å². The Balaban J connectivity index is 2.56. The van der Waals surface area contributed by atoms with Gasteiger partial charge in [0.15, 0.2) is 0 Å². The Morgan fingerprint density at radius 1 is 1.54 bits per heavy atom. The van der Waals surface area contributed by atoms with Crippen LogP contribution in [-0.4, -0.2) is 17.8 Å². The van der Waals surface area contributed by atoms with E-state index < -0.39 is 0 Å². The molecule has 3 heteroatoms. The van der Waals surface area contributed by atoms with Gasteiger partial charge < -0.3 is 4.74 Å². The van der Waals surface area contributed by atoms with E-state index in [1.165, 1.54) is 0 Å². The summed E-state index contributed by atoms with van der Waals surface area (Å²) >= 11 is 1.63.